The van der Waals surface area contributed by atoms with Crippen molar-refractivity contribution >= 4 is 21.5 Å². The van der Waals surface area contributed by atoms with Gasteiger partial charge in [-0.15, -0.1) is 0 Å². The zero-order chi connectivity index (χ0) is 36.7. The van der Waals surface area contributed by atoms with Crippen molar-refractivity contribution in [3.63, 3.8) is 0 Å². The Morgan fingerprint density at radius 1 is 0.400 bits per heavy atom. The van der Waals surface area contributed by atoms with Crippen molar-refractivity contribution in [1.29, 1.82) is 0 Å². The second kappa shape index (κ2) is 12.0. The molecule has 1 aliphatic carbocycles. The van der Waals surface area contributed by atoms with E-state index >= 15 is 0 Å². The molecule has 0 saturated heterocycles. The van der Waals surface area contributed by atoms with E-state index in [2.05, 4.69) is 123 Å². The van der Waals surface area contributed by atoms with Gasteiger partial charge in [-0.25, -0.2) is 15.0 Å². The van der Waals surface area contributed by atoms with E-state index in [-0.39, 0.29) is 5.41 Å². The zero-order valence-corrected chi connectivity index (χ0v) is 30.2. The third-order valence-corrected chi connectivity index (χ3v) is 11.2. The number of fused-ring (bicyclic) bond motifs is 9. The summed E-state index contributed by atoms with van der Waals surface area (Å²) in [5.41, 5.74) is 9.36. The number of nitrogens with zero attached hydrogens (tertiary/aromatic N) is 3. The summed E-state index contributed by atoms with van der Waals surface area (Å²) in [6.07, 6.45) is 0. The summed E-state index contributed by atoms with van der Waals surface area (Å²) in [6, 6.07) is 56.6. The third-order valence-electron chi connectivity index (χ3n) is 11.2. The van der Waals surface area contributed by atoms with Crippen molar-refractivity contribution in [3.05, 3.63) is 175 Å². The van der Waals surface area contributed by atoms with Crippen LogP contribution in [0.1, 0.15) is 25.0 Å². The van der Waals surface area contributed by atoms with Crippen molar-refractivity contribution in [2.24, 2.45) is 0 Å². The molecule has 0 fully saturated rings. The topological polar surface area (TPSA) is 57.1 Å². The molecule has 260 valence electrons. The summed E-state index contributed by atoms with van der Waals surface area (Å²) in [5.74, 6) is 4.65. The van der Waals surface area contributed by atoms with Crippen molar-refractivity contribution < 1.29 is 9.47 Å². The van der Waals surface area contributed by atoms with Crippen LogP contribution >= 0.6 is 0 Å². The van der Waals surface area contributed by atoms with Gasteiger partial charge >= 0.3 is 0 Å². The Balaban J connectivity index is 1.03. The highest BCUT2D eigenvalue weighted by molar-refractivity contribution is 6.08. The Bertz CT molecular complexity index is 3020. The van der Waals surface area contributed by atoms with Gasteiger partial charge in [0.2, 0.25) is 0 Å². The van der Waals surface area contributed by atoms with Crippen LogP contribution in [0.3, 0.4) is 0 Å². The largest absolute Gasteiger partial charge is 0.449 e. The molecule has 2 heterocycles. The number of rotatable bonds is 4. The number of ether oxygens (including phenoxy) is 2. The van der Waals surface area contributed by atoms with Crippen LogP contribution in [0.4, 0.5) is 0 Å². The van der Waals surface area contributed by atoms with E-state index in [0.717, 1.165) is 50.3 Å². The molecule has 0 spiro atoms. The van der Waals surface area contributed by atoms with Crippen molar-refractivity contribution in [2.75, 3.05) is 0 Å². The third kappa shape index (κ3) is 4.97. The van der Waals surface area contributed by atoms with Gasteiger partial charge < -0.3 is 9.47 Å². The highest BCUT2D eigenvalue weighted by Crippen LogP contribution is 2.58. The molecule has 0 atom stereocenters. The number of hydrogen-bond donors (Lipinski definition) is 0. The molecule has 0 saturated carbocycles. The van der Waals surface area contributed by atoms with Crippen LogP contribution in [0.25, 0.3) is 78.0 Å². The predicted molar refractivity (Wildman–Crippen MR) is 221 cm³/mol. The van der Waals surface area contributed by atoms with E-state index < -0.39 is 0 Å². The molecule has 55 heavy (non-hydrogen) atoms. The van der Waals surface area contributed by atoms with E-state index in [1.807, 2.05) is 54.6 Å². The highest BCUT2D eigenvalue weighted by Gasteiger charge is 2.39. The average Bonchev–Trinajstić information content (AvgIpc) is 3.48. The lowest BCUT2D eigenvalue weighted by atomic mass is 9.82. The minimum absolute atomic E-state index is 0.144. The van der Waals surface area contributed by atoms with Crippen LogP contribution in [0.5, 0.6) is 23.0 Å². The molecule has 11 rings (SSSR count). The smallest absolute Gasteiger partial charge is 0.178 e. The Kier molecular flexibility index (Phi) is 6.83. The molecule has 0 N–H and O–H groups in total. The molecule has 1 aliphatic heterocycles. The maximum absolute atomic E-state index is 6.83. The molecule has 0 bridgehead atoms. The minimum atomic E-state index is -0.144. The van der Waals surface area contributed by atoms with Crippen molar-refractivity contribution in [2.45, 2.75) is 19.3 Å². The predicted octanol–water partition coefficient (Wildman–Crippen LogP) is 13.1. The van der Waals surface area contributed by atoms with E-state index in [4.69, 9.17) is 24.4 Å². The fourth-order valence-electron chi connectivity index (χ4n) is 8.42. The summed E-state index contributed by atoms with van der Waals surface area (Å²) in [5, 5.41) is 4.77. The molecule has 9 aromatic rings. The van der Waals surface area contributed by atoms with Crippen LogP contribution < -0.4 is 9.47 Å². The monoisotopic (exact) mass is 707 g/mol. The SMILES string of the molecule is CC1(C)c2ccccc2-c2c1ccc1c2Oc2cc(-c3ccccc3-c3nc(-c4ccccc4)nc(-c4ccc5c(ccc6ccccc65)c4)n3)ccc2O1. The zero-order valence-electron chi connectivity index (χ0n) is 30.2. The van der Waals surface area contributed by atoms with Crippen molar-refractivity contribution in [3.8, 4) is 79.4 Å². The van der Waals surface area contributed by atoms with E-state index in [9.17, 15) is 0 Å². The first-order valence-electron chi connectivity index (χ1n) is 18.6. The van der Waals surface area contributed by atoms with Gasteiger partial charge in [0.05, 0.1) is 0 Å². The van der Waals surface area contributed by atoms with Gasteiger partial charge in [-0.3, -0.25) is 0 Å². The van der Waals surface area contributed by atoms with Crippen LogP contribution in [0, 0.1) is 0 Å². The molecule has 0 radical (unpaired) electrons. The minimum Gasteiger partial charge on any atom is -0.449 e. The van der Waals surface area contributed by atoms with Crippen molar-refractivity contribution in [1.82, 2.24) is 15.0 Å². The lowest BCUT2D eigenvalue weighted by molar-refractivity contribution is 0.360. The van der Waals surface area contributed by atoms with Crippen LogP contribution in [0.15, 0.2) is 164 Å². The molecule has 0 amide bonds. The molecular weight excluding hydrogens is 675 g/mol. The first-order chi connectivity index (χ1) is 27.0. The normalized spacial score (nSPS) is 13.3. The molecule has 8 aromatic carbocycles. The lowest BCUT2D eigenvalue weighted by Gasteiger charge is -2.25. The van der Waals surface area contributed by atoms with Crippen LogP contribution in [-0.2, 0) is 5.41 Å². The van der Waals surface area contributed by atoms with Gasteiger partial charge in [-0.1, -0.05) is 153 Å². The maximum atomic E-state index is 6.83. The first-order valence-corrected chi connectivity index (χ1v) is 18.6. The maximum Gasteiger partial charge on any atom is 0.178 e. The Hall–Kier alpha value is -7.11. The summed E-state index contributed by atoms with van der Waals surface area (Å²) in [6.45, 7) is 4.54. The van der Waals surface area contributed by atoms with Gasteiger partial charge in [0.15, 0.2) is 40.5 Å². The Morgan fingerprint density at radius 3 is 1.93 bits per heavy atom. The standard InChI is InChI=1S/C50H33N3O2/c1-50(2)40-19-11-10-18-39(40)45-41(50)25-27-43-46(45)55-44-29-33(23-26-42(44)54-43)36-16-8-9-17-38(36)49-52-47(31-13-4-3-5-14-31)51-48(53-49)34-22-24-37-32(28-34)21-20-30-12-6-7-15-35(30)37/h3-29H,1-2H3. The van der Waals surface area contributed by atoms with E-state index in [1.54, 1.807) is 0 Å². The second-order valence-corrected chi connectivity index (χ2v) is 14.8. The molecule has 0 unspecified atom stereocenters. The van der Waals surface area contributed by atoms with E-state index in [1.165, 1.54) is 32.8 Å². The van der Waals surface area contributed by atoms with Crippen LogP contribution in [0.2, 0.25) is 0 Å². The fraction of sp³-hybridized carbons (Fsp3) is 0.0600. The summed E-state index contributed by atoms with van der Waals surface area (Å²) in [7, 11) is 0. The number of benzene rings is 8. The van der Waals surface area contributed by atoms with Gasteiger partial charge in [-0.05, 0) is 73.6 Å². The van der Waals surface area contributed by atoms with Gasteiger partial charge in [0.1, 0.15) is 0 Å². The molecule has 5 heteroatoms. The summed E-state index contributed by atoms with van der Waals surface area (Å²) in [4.78, 5) is 15.3. The molecular formula is C50H33N3O2. The fourth-order valence-corrected chi connectivity index (χ4v) is 8.42. The molecule has 5 nitrogen and oxygen atoms in total. The number of hydrogen-bond acceptors (Lipinski definition) is 5. The van der Waals surface area contributed by atoms with Gasteiger partial charge in [-0.2, -0.15) is 0 Å². The highest BCUT2D eigenvalue weighted by atomic mass is 16.6. The van der Waals surface area contributed by atoms with E-state index in [0.29, 0.717) is 29.0 Å². The molecule has 1 aromatic heterocycles. The molecule has 2 aliphatic rings. The Labute approximate surface area is 318 Å². The first kappa shape index (κ1) is 31.4. The second-order valence-electron chi connectivity index (χ2n) is 14.8. The number of aromatic nitrogens is 3. The van der Waals surface area contributed by atoms with Crippen LogP contribution in [-0.4, -0.2) is 15.0 Å². The summed E-state index contributed by atoms with van der Waals surface area (Å²) >= 11 is 0. The summed E-state index contributed by atoms with van der Waals surface area (Å²) < 4.78 is 13.3. The quantitative estimate of drug-likeness (QED) is 0.170. The Morgan fingerprint density at radius 2 is 1.05 bits per heavy atom. The lowest BCUT2D eigenvalue weighted by Crippen LogP contribution is -2.15. The van der Waals surface area contributed by atoms with Gasteiger partial charge in [0, 0.05) is 27.7 Å². The average molecular weight is 708 g/mol. The van der Waals surface area contributed by atoms with Gasteiger partial charge in [0.25, 0.3) is 0 Å².